The fourth-order valence-corrected chi connectivity index (χ4v) is 5.55. The van der Waals surface area contributed by atoms with Crippen molar-refractivity contribution in [2.24, 2.45) is 0 Å². The molecule has 13 heteroatoms. The average Bonchev–Trinajstić information content (AvgIpc) is 3.15. The van der Waals surface area contributed by atoms with Crippen LogP contribution in [0.15, 0.2) is 47.8 Å². The second-order valence-corrected chi connectivity index (χ2v) is 9.57. The Morgan fingerprint density at radius 1 is 1.23 bits per heavy atom. The van der Waals surface area contributed by atoms with Gasteiger partial charge in [-0.15, -0.1) is 11.3 Å². The number of halogens is 3. The summed E-state index contributed by atoms with van der Waals surface area (Å²) >= 11 is 1.10. The van der Waals surface area contributed by atoms with Crippen molar-refractivity contribution in [2.45, 2.75) is 24.0 Å². The zero-order chi connectivity index (χ0) is 22.2. The van der Waals surface area contributed by atoms with Crippen molar-refractivity contribution in [3.8, 4) is 0 Å². The van der Waals surface area contributed by atoms with Crippen LogP contribution in [0.4, 0.5) is 18.3 Å². The number of carbonyl (C=O) groups is 1. The number of aromatic nitrogens is 3. The fraction of sp³-hybridized carbons (Fsp3) is 0.222. The molecule has 8 nitrogen and oxygen atoms in total. The molecule has 1 N–H and O–H groups in total. The maximum absolute atomic E-state index is 13.0. The van der Waals surface area contributed by atoms with Crippen LogP contribution in [0.3, 0.4) is 0 Å². The van der Waals surface area contributed by atoms with Crippen molar-refractivity contribution in [3.63, 3.8) is 0 Å². The Morgan fingerprint density at radius 2 is 2.03 bits per heavy atom. The zero-order valence-corrected chi connectivity index (χ0v) is 17.3. The first kappa shape index (κ1) is 21.3. The van der Waals surface area contributed by atoms with E-state index >= 15 is 0 Å². The van der Waals surface area contributed by atoms with E-state index in [0.717, 1.165) is 33.8 Å². The van der Waals surface area contributed by atoms with E-state index in [2.05, 4.69) is 20.3 Å². The summed E-state index contributed by atoms with van der Waals surface area (Å²) in [5, 5.41) is 2.87. The molecule has 0 radical (unpaired) electrons. The van der Waals surface area contributed by atoms with E-state index < -0.39 is 32.6 Å². The van der Waals surface area contributed by atoms with Crippen molar-refractivity contribution in [1.29, 1.82) is 0 Å². The number of sulfonamides is 1. The molecular weight excluding hydrogens is 455 g/mol. The SMILES string of the molecule is O=C(Nc1nc2c(s1)CN(S(=O)(=O)c1cccc(C(F)(F)F)c1)CC2)c1cnccn1. The summed E-state index contributed by atoms with van der Waals surface area (Å²) < 4.78 is 65.8. The molecule has 1 aliphatic heterocycles. The van der Waals surface area contributed by atoms with Gasteiger partial charge in [-0.25, -0.2) is 18.4 Å². The number of thiazole rings is 1. The summed E-state index contributed by atoms with van der Waals surface area (Å²) in [6.45, 7) is 0.0133. The maximum atomic E-state index is 13.0. The van der Waals surface area contributed by atoms with Crippen molar-refractivity contribution < 1.29 is 26.4 Å². The zero-order valence-electron chi connectivity index (χ0n) is 15.6. The van der Waals surface area contributed by atoms with Gasteiger partial charge in [0, 0.05) is 30.2 Å². The van der Waals surface area contributed by atoms with E-state index in [1.165, 1.54) is 18.6 Å². The molecular formula is C18H14F3N5O3S2. The maximum Gasteiger partial charge on any atom is 0.416 e. The average molecular weight is 469 g/mol. The van der Waals surface area contributed by atoms with Crippen LogP contribution in [0.1, 0.15) is 26.6 Å². The van der Waals surface area contributed by atoms with Crippen LogP contribution in [-0.2, 0) is 29.2 Å². The molecule has 0 saturated heterocycles. The molecule has 4 rings (SSSR count). The molecule has 3 heterocycles. The molecule has 0 fully saturated rings. The van der Waals surface area contributed by atoms with E-state index in [-0.39, 0.29) is 30.3 Å². The number of amides is 1. The van der Waals surface area contributed by atoms with Crippen LogP contribution in [-0.4, -0.2) is 40.1 Å². The van der Waals surface area contributed by atoms with Crippen molar-refractivity contribution in [2.75, 3.05) is 11.9 Å². The molecule has 0 aliphatic carbocycles. The summed E-state index contributed by atoms with van der Waals surface area (Å²) in [6.07, 6.45) is -0.275. The van der Waals surface area contributed by atoms with E-state index in [1.807, 2.05) is 0 Å². The van der Waals surface area contributed by atoms with Gasteiger partial charge in [-0.3, -0.25) is 15.1 Å². The molecule has 0 spiro atoms. The third-order valence-corrected chi connectivity index (χ3v) is 7.35. The Balaban J connectivity index is 1.53. The predicted molar refractivity (Wildman–Crippen MR) is 105 cm³/mol. The van der Waals surface area contributed by atoms with Crippen LogP contribution < -0.4 is 5.32 Å². The highest BCUT2D eigenvalue weighted by atomic mass is 32.2. The lowest BCUT2D eigenvalue weighted by atomic mass is 10.2. The van der Waals surface area contributed by atoms with Crippen LogP contribution in [0.25, 0.3) is 0 Å². The molecule has 3 aromatic rings. The topological polar surface area (TPSA) is 105 Å². The number of carbonyl (C=O) groups excluding carboxylic acids is 1. The van der Waals surface area contributed by atoms with Gasteiger partial charge in [0.05, 0.1) is 28.9 Å². The van der Waals surface area contributed by atoms with E-state index in [4.69, 9.17) is 0 Å². The normalized spacial score (nSPS) is 14.8. The molecule has 0 unspecified atom stereocenters. The molecule has 1 aliphatic rings. The second-order valence-electron chi connectivity index (χ2n) is 6.55. The number of benzene rings is 1. The lowest BCUT2D eigenvalue weighted by Gasteiger charge is -2.25. The Kier molecular flexibility index (Phi) is 5.49. The number of alkyl halides is 3. The lowest BCUT2D eigenvalue weighted by molar-refractivity contribution is -0.137. The van der Waals surface area contributed by atoms with Crippen molar-refractivity contribution in [1.82, 2.24) is 19.3 Å². The molecule has 2 aromatic heterocycles. The summed E-state index contributed by atoms with van der Waals surface area (Å²) in [4.78, 5) is 24.4. The number of anilines is 1. The first-order chi connectivity index (χ1) is 14.6. The number of hydrogen-bond acceptors (Lipinski definition) is 7. The van der Waals surface area contributed by atoms with Crippen molar-refractivity contribution in [3.05, 3.63) is 64.7 Å². The molecule has 0 atom stereocenters. The highest BCUT2D eigenvalue weighted by molar-refractivity contribution is 7.89. The minimum absolute atomic E-state index is 0.0490. The van der Waals surface area contributed by atoms with Crippen molar-refractivity contribution >= 4 is 32.4 Å². The first-order valence-corrected chi connectivity index (χ1v) is 11.1. The quantitative estimate of drug-likeness (QED) is 0.630. The number of fused-ring (bicyclic) bond motifs is 1. The third kappa shape index (κ3) is 4.43. The van der Waals surface area contributed by atoms with Crippen LogP contribution in [0.5, 0.6) is 0 Å². The fourth-order valence-electron chi connectivity index (χ4n) is 2.99. The Bertz CT molecular complexity index is 1230. The summed E-state index contributed by atoms with van der Waals surface area (Å²) in [7, 11) is -4.14. The number of nitrogens with one attached hydrogen (secondary N) is 1. The monoisotopic (exact) mass is 469 g/mol. The summed E-state index contributed by atoms with van der Waals surface area (Å²) in [5.74, 6) is -0.507. The van der Waals surface area contributed by atoms with Gasteiger partial charge in [0.25, 0.3) is 5.91 Å². The minimum Gasteiger partial charge on any atom is -0.296 e. The van der Waals surface area contributed by atoms with E-state index in [1.54, 1.807) is 0 Å². The van der Waals surface area contributed by atoms with Gasteiger partial charge in [-0.05, 0) is 18.2 Å². The van der Waals surface area contributed by atoms with Gasteiger partial charge in [0.1, 0.15) is 5.69 Å². The molecule has 1 amide bonds. The van der Waals surface area contributed by atoms with Gasteiger partial charge in [-0.2, -0.15) is 17.5 Å². The van der Waals surface area contributed by atoms with Gasteiger partial charge in [-0.1, -0.05) is 6.07 Å². The van der Waals surface area contributed by atoms with Gasteiger partial charge >= 0.3 is 6.18 Å². The Hall–Kier alpha value is -2.90. The summed E-state index contributed by atoms with van der Waals surface area (Å²) in [5.41, 5.74) is -0.294. The largest absolute Gasteiger partial charge is 0.416 e. The van der Waals surface area contributed by atoms with E-state index in [0.29, 0.717) is 16.6 Å². The molecule has 162 valence electrons. The Morgan fingerprint density at radius 3 is 2.74 bits per heavy atom. The number of nitrogens with zero attached hydrogens (tertiary/aromatic N) is 4. The second kappa shape index (κ2) is 7.98. The highest BCUT2D eigenvalue weighted by Gasteiger charge is 2.34. The molecule has 0 saturated carbocycles. The number of rotatable bonds is 4. The van der Waals surface area contributed by atoms with Crippen LogP contribution >= 0.6 is 11.3 Å². The van der Waals surface area contributed by atoms with E-state index in [9.17, 15) is 26.4 Å². The van der Waals surface area contributed by atoms with Gasteiger partial charge in [0.2, 0.25) is 10.0 Å². The predicted octanol–water partition coefficient (Wildman–Crippen LogP) is 2.95. The Labute approximate surface area is 178 Å². The van der Waals surface area contributed by atoms with Crippen LogP contribution in [0.2, 0.25) is 0 Å². The standard InChI is InChI=1S/C18H14F3N5O3S2/c19-18(20,21)11-2-1-3-12(8-11)31(28,29)26-7-4-13-15(10-26)30-17(24-13)25-16(27)14-9-22-5-6-23-14/h1-3,5-6,8-9H,4,7,10H2,(H,24,25,27). The van der Waals surface area contributed by atoms with Gasteiger partial charge < -0.3 is 0 Å². The summed E-state index contributed by atoms with van der Waals surface area (Å²) in [6, 6.07) is 3.66. The first-order valence-electron chi connectivity index (χ1n) is 8.88. The smallest absolute Gasteiger partial charge is 0.296 e. The van der Waals surface area contributed by atoms with Gasteiger partial charge in [0.15, 0.2) is 5.13 Å². The number of hydrogen-bond donors (Lipinski definition) is 1. The van der Waals surface area contributed by atoms with Crippen LogP contribution in [0, 0.1) is 0 Å². The highest BCUT2D eigenvalue weighted by Crippen LogP contribution is 2.34. The molecule has 1 aromatic carbocycles. The minimum atomic E-state index is -4.64. The third-order valence-electron chi connectivity index (χ3n) is 4.51. The lowest BCUT2D eigenvalue weighted by Crippen LogP contribution is -2.35. The molecule has 0 bridgehead atoms. The molecule has 31 heavy (non-hydrogen) atoms.